The standard InChI is InChI=1S/C38H57N5O10/c1-5-6-7-35-32(2)41-37(30-39)38(31-40)42-36(35)13-10-33-8-11-34(12-9-33)43(52-28-26-50-24-22-48-20-18-46-16-14-44-3)53-29-27-51-25-23-49-21-19-47-17-15-45-4/h8-13,35H,5-7,14-29H2,1-4H3/b13-10+. The average Bonchev–Trinajstić information content (AvgIpc) is 3.31. The topological polar surface area (TPSA) is 168 Å². The molecule has 0 fully saturated rings. The molecule has 294 valence electrons. The van der Waals surface area contributed by atoms with Gasteiger partial charge in [0, 0.05) is 25.8 Å². The molecule has 1 atom stereocenters. The Hall–Kier alpha value is -3.58. The summed E-state index contributed by atoms with van der Waals surface area (Å²) >= 11 is 0. The Morgan fingerprint density at radius 2 is 1.06 bits per heavy atom. The fourth-order valence-corrected chi connectivity index (χ4v) is 4.66. The first kappa shape index (κ1) is 45.6. The van der Waals surface area contributed by atoms with E-state index in [-0.39, 0.29) is 30.5 Å². The molecule has 1 aliphatic heterocycles. The minimum absolute atomic E-state index is 0.0189. The second-order valence-electron chi connectivity index (χ2n) is 11.4. The van der Waals surface area contributed by atoms with Crippen molar-refractivity contribution >= 4 is 23.2 Å². The number of ether oxygens (including phenoxy) is 8. The summed E-state index contributed by atoms with van der Waals surface area (Å²) in [6.07, 6.45) is 6.60. The first-order chi connectivity index (χ1) is 26.1. The molecule has 0 spiro atoms. The van der Waals surface area contributed by atoms with Crippen LogP contribution in [0.2, 0.25) is 0 Å². The number of methoxy groups -OCH3 is 2. The molecule has 2 rings (SSSR count). The number of allylic oxidation sites excluding steroid dienone is 3. The number of anilines is 1. The van der Waals surface area contributed by atoms with E-state index in [9.17, 15) is 10.5 Å². The van der Waals surface area contributed by atoms with Gasteiger partial charge in [0.25, 0.3) is 0 Å². The van der Waals surface area contributed by atoms with Crippen LogP contribution in [-0.4, -0.2) is 131 Å². The smallest absolute Gasteiger partial charge is 0.177 e. The lowest BCUT2D eigenvalue weighted by atomic mass is 9.91. The van der Waals surface area contributed by atoms with Crippen LogP contribution in [-0.2, 0) is 47.6 Å². The molecule has 0 saturated carbocycles. The predicted octanol–water partition coefficient (Wildman–Crippen LogP) is 4.74. The Balaban J connectivity index is 1.95. The first-order valence-corrected chi connectivity index (χ1v) is 18.0. The fourth-order valence-electron chi connectivity index (χ4n) is 4.66. The molecule has 1 unspecified atom stereocenters. The van der Waals surface area contributed by atoms with Crippen LogP contribution in [0.25, 0.3) is 6.08 Å². The van der Waals surface area contributed by atoms with E-state index >= 15 is 0 Å². The summed E-state index contributed by atoms with van der Waals surface area (Å²) in [7, 11) is 3.27. The molecule has 0 N–H and O–H groups in total. The second kappa shape index (κ2) is 30.8. The van der Waals surface area contributed by atoms with E-state index in [2.05, 4.69) is 16.9 Å². The maximum absolute atomic E-state index is 9.65. The highest BCUT2D eigenvalue weighted by atomic mass is 17.0. The van der Waals surface area contributed by atoms with Gasteiger partial charge in [0.1, 0.15) is 25.4 Å². The van der Waals surface area contributed by atoms with Crippen molar-refractivity contribution in [1.82, 2.24) is 0 Å². The van der Waals surface area contributed by atoms with E-state index in [0.717, 1.165) is 30.5 Å². The number of rotatable bonds is 32. The van der Waals surface area contributed by atoms with Crippen LogP contribution >= 0.6 is 0 Å². The Kier molecular flexibility index (Phi) is 26.5. The minimum atomic E-state index is -0.0975. The lowest BCUT2D eigenvalue weighted by Crippen LogP contribution is -2.28. The van der Waals surface area contributed by atoms with Crippen LogP contribution in [0.4, 0.5) is 5.69 Å². The highest BCUT2D eigenvalue weighted by molar-refractivity contribution is 6.14. The van der Waals surface area contributed by atoms with Crippen LogP contribution in [0.1, 0.15) is 38.7 Å². The van der Waals surface area contributed by atoms with E-state index in [0.29, 0.717) is 104 Å². The van der Waals surface area contributed by atoms with Gasteiger partial charge in [0.15, 0.2) is 11.4 Å². The molecule has 53 heavy (non-hydrogen) atoms. The predicted molar refractivity (Wildman–Crippen MR) is 200 cm³/mol. The van der Waals surface area contributed by atoms with Crippen LogP contribution in [0.15, 0.2) is 51.7 Å². The lowest BCUT2D eigenvalue weighted by molar-refractivity contribution is -0.114. The van der Waals surface area contributed by atoms with E-state index in [1.165, 1.54) is 5.23 Å². The van der Waals surface area contributed by atoms with E-state index < -0.39 is 0 Å². The molecule has 0 aliphatic carbocycles. The number of nitrogens with zero attached hydrogens (tertiary/aromatic N) is 5. The summed E-state index contributed by atoms with van der Waals surface area (Å²) in [5, 5.41) is 20.6. The number of hydrogen-bond donors (Lipinski definition) is 0. The molecular formula is C38H57N5O10. The van der Waals surface area contributed by atoms with Gasteiger partial charge in [-0.3, -0.25) is 0 Å². The van der Waals surface area contributed by atoms with Crippen molar-refractivity contribution in [1.29, 1.82) is 10.5 Å². The van der Waals surface area contributed by atoms with Gasteiger partial charge in [-0.25, -0.2) is 19.7 Å². The van der Waals surface area contributed by atoms with Crippen molar-refractivity contribution < 1.29 is 47.6 Å². The number of hydrogen-bond acceptors (Lipinski definition) is 15. The molecule has 15 heteroatoms. The van der Waals surface area contributed by atoms with Gasteiger partial charge in [-0.15, -0.1) is 5.23 Å². The summed E-state index contributed by atoms with van der Waals surface area (Å²) in [5.74, 6) is -0.0975. The molecule has 1 heterocycles. The largest absolute Gasteiger partial charge is 0.382 e. The van der Waals surface area contributed by atoms with E-state index in [4.69, 9.17) is 47.6 Å². The second-order valence-corrected chi connectivity index (χ2v) is 11.4. The SMILES string of the molecule is CCCCC1C(C)=NC(C#N)=C(C#N)N=C1/C=C/c1ccc(N(OCCOCCOCCOCCOC)OCCOCCOCCOCCOC)cc1. The molecule has 1 aliphatic rings. The van der Waals surface area contributed by atoms with Crippen molar-refractivity contribution in [3.8, 4) is 12.1 Å². The first-order valence-electron chi connectivity index (χ1n) is 18.0. The zero-order valence-electron chi connectivity index (χ0n) is 31.8. The Bertz CT molecular complexity index is 1300. The highest BCUT2D eigenvalue weighted by Gasteiger charge is 2.22. The third-order valence-corrected chi connectivity index (χ3v) is 7.45. The van der Waals surface area contributed by atoms with Crippen molar-refractivity contribution in [2.24, 2.45) is 15.9 Å². The third kappa shape index (κ3) is 20.5. The number of benzene rings is 1. The van der Waals surface area contributed by atoms with Gasteiger partial charge in [-0.1, -0.05) is 38.0 Å². The fraction of sp³-hybridized carbons (Fsp3) is 0.632. The summed E-state index contributed by atoms with van der Waals surface area (Å²) in [6, 6.07) is 11.6. The summed E-state index contributed by atoms with van der Waals surface area (Å²) in [6.45, 7) is 11.0. The van der Waals surface area contributed by atoms with Gasteiger partial charge in [-0.05, 0) is 37.1 Å². The molecule has 1 aromatic carbocycles. The molecule has 1 aromatic rings. The van der Waals surface area contributed by atoms with Crippen molar-refractivity contribution in [3.05, 3.63) is 47.3 Å². The molecule has 0 saturated heterocycles. The monoisotopic (exact) mass is 743 g/mol. The Morgan fingerprint density at radius 1 is 0.623 bits per heavy atom. The van der Waals surface area contributed by atoms with Gasteiger partial charge < -0.3 is 37.9 Å². The number of unbranched alkanes of at least 4 members (excludes halogenated alkanes) is 1. The normalized spacial score (nSPS) is 14.6. The third-order valence-electron chi connectivity index (χ3n) is 7.45. The van der Waals surface area contributed by atoms with Crippen molar-refractivity contribution in [3.63, 3.8) is 0 Å². The molecule has 0 amide bonds. The zero-order valence-corrected chi connectivity index (χ0v) is 31.8. The van der Waals surface area contributed by atoms with E-state index in [1.54, 1.807) is 14.2 Å². The maximum Gasteiger partial charge on any atom is 0.177 e. The van der Waals surface area contributed by atoms with Crippen molar-refractivity contribution in [2.45, 2.75) is 33.1 Å². The quantitative estimate of drug-likeness (QED) is 0.0734. The van der Waals surface area contributed by atoms with E-state index in [1.807, 2.05) is 55.5 Å². The Morgan fingerprint density at radius 3 is 1.49 bits per heavy atom. The van der Waals surface area contributed by atoms with Gasteiger partial charge in [0.2, 0.25) is 0 Å². The zero-order chi connectivity index (χ0) is 38.2. The number of nitriles is 2. The van der Waals surface area contributed by atoms with Crippen LogP contribution in [0, 0.1) is 28.6 Å². The molecular weight excluding hydrogens is 686 g/mol. The van der Waals surface area contributed by atoms with Crippen LogP contribution in [0.3, 0.4) is 0 Å². The minimum Gasteiger partial charge on any atom is -0.382 e. The Labute approximate surface area is 314 Å². The molecule has 0 radical (unpaired) electrons. The summed E-state index contributed by atoms with van der Waals surface area (Å²) < 4.78 is 43.0. The molecule has 15 nitrogen and oxygen atoms in total. The maximum atomic E-state index is 9.65. The van der Waals surface area contributed by atoms with Crippen molar-refractivity contribution in [2.75, 3.05) is 125 Å². The van der Waals surface area contributed by atoms with Gasteiger partial charge >= 0.3 is 0 Å². The van der Waals surface area contributed by atoms with Crippen LogP contribution < -0.4 is 5.23 Å². The van der Waals surface area contributed by atoms with Gasteiger partial charge in [0.05, 0.1) is 104 Å². The van der Waals surface area contributed by atoms with Gasteiger partial charge in [-0.2, -0.15) is 10.5 Å². The number of aliphatic imine (C=N–C) groups is 2. The molecule has 0 bridgehead atoms. The average molecular weight is 744 g/mol. The highest BCUT2D eigenvalue weighted by Crippen LogP contribution is 2.23. The molecule has 0 aromatic heterocycles. The lowest BCUT2D eigenvalue weighted by Gasteiger charge is -2.23. The summed E-state index contributed by atoms with van der Waals surface area (Å²) in [5.41, 5.74) is 3.08. The van der Waals surface area contributed by atoms with Crippen LogP contribution in [0.5, 0.6) is 0 Å². The summed E-state index contributed by atoms with van der Waals surface area (Å²) in [4.78, 5) is 20.8.